The molecule has 0 fully saturated rings. The number of amides is 1. The lowest BCUT2D eigenvalue weighted by Gasteiger charge is -2.31. The number of methoxy groups -OCH3 is 1. The minimum atomic E-state index is -3.65. The number of fused-ring (bicyclic) bond motifs is 1. The van der Waals surface area contributed by atoms with Gasteiger partial charge in [0.1, 0.15) is 17.0 Å². The Kier molecular flexibility index (Phi) is 7.67. The monoisotopic (exact) mass is 543 g/mol. The molecule has 2 atom stereocenters. The molecule has 1 unspecified atom stereocenters. The van der Waals surface area contributed by atoms with Gasteiger partial charge in [0.05, 0.1) is 25.2 Å². The van der Waals surface area contributed by atoms with Gasteiger partial charge in [-0.15, -0.1) is 0 Å². The number of sulfonamides is 1. The fourth-order valence-electron chi connectivity index (χ4n) is 3.93. The number of phenols is 1. The van der Waals surface area contributed by atoms with Gasteiger partial charge in [-0.25, -0.2) is 8.42 Å². The Labute approximate surface area is 220 Å². The minimum Gasteiger partial charge on any atom is -0.506 e. The van der Waals surface area contributed by atoms with Crippen LogP contribution in [0.15, 0.2) is 60.7 Å². The Hall–Kier alpha value is -4.00. The summed E-state index contributed by atoms with van der Waals surface area (Å²) >= 11 is 0. The van der Waals surface area contributed by atoms with Crippen molar-refractivity contribution in [1.82, 2.24) is 5.32 Å². The Bertz CT molecular complexity index is 1430. The number of carbonyl (C=O) groups excluding carboxylic acids is 1. The third kappa shape index (κ3) is 6.10. The fraction of sp³-hybridized carbons (Fsp3) is 0.269. The molecule has 0 bridgehead atoms. The second kappa shape index (κ2) is 10.8. The molecule has 0 radical (unpaired) electrons. The molecule has 1 heterocycles. The first-order valence-electron chi connectivity index (χ1n) is 11.6. The SMILES string of the molecule is COc1ccc([C@](C)(NCC(O)c2ccc(O)c(NS(C)(=O)=O)c2)C(=O)Nc2ccc3c(c2)OCO3)cc1. The summed E-state index contributed by atoms with van der Waals surface area (Å²) in [7, 11) is -2.11. The van der Waals surface area contributed by atoms with Crippen LogP contribution in [0.25, 0.3) is 0 Å². The van der Waals surface area contributed by atoms with E-state index in [-0.39, 0.29) is 24.8 Å². The highest BCUT2D eigenvalue weighted by Gasteiger charge is 2.36. The van der Waals surface area contributed by atoms with Crippen LogP contribution in [-0.2, 0) is 20.4 Å². The number of hydrogen-bond acceptors (Lipinski definition) is 9. The van der Waals surface area contributed by atoms with Crippen molar-refractivity contribution >= 4 is 27.3 Å². The molecule has 11 nitrogen and oxygen atoms in total. The third-order valence-corrected chi connectivity index (χ3v) is 6.69. The van der Waals surface area contributed by atoms with Gasteiger partial charge in [0.25, 0.3) is 0 Å². The van der Waals surface area contributed by atoms with Crippen LogP contribution >= 0.6 is 0 Å². The van der Waals surface area contributed by atoms with E-state index in [1.165, 1.54) is 18.2 Å². The number of rotatable bonds is 10. The molecule has 12 heteroatoms. The van der Waals surface area contributed by atoms with Crippen molar-refractivity contribution in [1.29, 1.82) is 0 Å². The van der Waals surface area contributed by atoms with Crippen LogP contribution in [0.3, 0.4) is 0 Å². The van der Waals surface area contributed by atoms with Crippen molar-refractivity contribution < 1.29 is 37.6 Å². The van der Waals surface area contributed by atoms with Gasteiger partial charge >= 0.3 is 0 Å². The molecule has 1 aliphatic heterocycles. The maximum Gasteiger partial charge on any atom is 0.249 e. The van der Waals surface area contributed by atoms with Crippen LogP contribution in [-0.4, -0.2) is 51.2 Å². The Balaban J connectivity index is 1.58. The predicted octanol–water partition coefficient (Wildman–Crippen LogP) is 2.68. The molecule has 0 aromatic heterocycles. The number of carbonyl (C=O) groups is 1. The van der Waals surface area contributed by atoms with Gasteiger partial charge in [0.15, 0.2) is 11.5 Å². The zero-order valence-electron chi connectivity index (χ0n) is 21.0. The van der Waals surface area contributed by atoms with E-state index in [1.807, 2.05) is 0 Å². The van der Waals surface area contributed by atoms with Gasteiger partial charge in [-0.3, -0.25) is 14.8 Å². The smallest absolute Gasteiger partial charge is 0.249 e. The third-order valence-electron chi connectivity index (χ3n) is 6.10. The number of nitrogens with one attached hydrogen (secondary N) is 3. The van der Waals surface area contributed by atoms with Crippen LogP contribution in [0, 0.1) is 0 Å². The van der Waals surface area contributed by atoms with Gasteiger partial charge in [0.2, 0.25) is 22.7 Å². The number of hydrogen-bond donors (Lipinski definition) is 5. The highest BCUT2D eigenvalue weighted by molar-refractivity contribution is 7.92. The summed E-state index contributed by atoms with van der Waals surface area (Å²) in [6.07, 6.45) is -0.192. The van der Waals surface area contributed by atoms with E-state index in [0.29, 0.717) is 34.1 Å². The van der Waals surface area contributed by atoms with Gasteiger partial charge < -0.3 is 29.7 Å². The first-order chi connectivity index (χ1) is 18.0. The number of benzene rings is 3. The quantitative estimate of drug-likeness (QED) is 0.243. The molecule has 3 aromatic carbocycles. The van der Waals surface area contributed by atoms with E-state index in [1.54, 1.807) is 56.5 Å². The van der Waals surface area contributed by atoms with Crippen LogP contribution < -0.4 is 29.6 Å². The highest BCUT2D eigenvalue weighted by Crippen LogP contribution is 2.35. The average molecular weight is 544 g/mol. The van der Waals surface area contributed by atoms with Gasteiger partial charge in [0, 0.05) is 18.3 Å². The first kappa shape index (κ1) is 27.0. The fourth-order valence-corrected chi connectivity index (χ4v) is 4.49. The van der Waals surface area contributed by atoms with Gasteiger partial charge in [-0.1, -0.05) is 18.2 Å². The summed E-state index contributed by atoms with van der Waals surface area (Å²) in [5, 5.41) is 26.9. The number of aromatic hydroxyl groups is 1. The van der Waals surface area contributed by atoms with Gasteiger partial charge in [-0.05, 0) is 54.4 Å². The normalized spacial score (nSPS) is 14.8. The second-order valence-corrected chi connectivity index (χ2v) is 10.7. The molecule has 202 valence electrons. The highest BCUT2D eigenvalue weighted by atomic mass is 32.2. The lowest BCUT2D eigenvalue weighted by atomic mass is 9.90. The molecule has 3 aromatic rings. The molecular formula is C26H29N3O8S. The van der Waals surface area contributed by atoms with Crippen molar-refractivity contribution in [3.05, 3.63) is 71.8 Å². The summed E-state index contributed by atoms with van der Waals surface area (Å²) in [5.41, 5.74) is 0.0523. The standard InChI is InChI=1S/C26H29N3O8S/c1-26(17-5-8-19(35-2)9-6-17,25(32)28-18-7-11-23-24(13-18)37-15-36-23)27-14-22(31)16-4-10-21(30)20(12-16)29-38(3,33)34/h4-13,22,27,29-31H,14-15H2,1-3H3,(H,28,32)/t22?,26-/m0/s1. The Morgan fingerprint density at radius 3 is 2.47 bits per heavy atom. The lowest BCUT2D eigenvalue weighted by Crippen LogP contribution is -2.50. The van der Waals surface area contributed by atoms with Crippen molar-refractivity contribution in [2.45, 2.75) is 18.6 Å². The lowest BCUT2D eigenvalue weighted by molar-refractivity contribution is -0.122. The zero-order chi connectivity index (χ0) is 27.5. The Morgan fingerprint density at radius 2 is 1.79 bits per heavy atom. The summed E-state index contributed by atoms with van der Waals surface area (Å²) in [5.74, 6) is 1.02. The molecule has 4 rings (SSSR count). The topological polar surface area (TPSA) is 155 Å². The van der Waals surface area contributed by atoms with E-state index in [4.69, 9.17) is 14.2 Å². The number of ether oxygens (including phenoxy) is 3. The largest absolute Gasteiger partial charge is 0.506 e. The Morgan fingerprint density at radius 1 is 1.08 bits per heavy atom. The molecule has 0 saturated heterocycles. The van der Waals surface area contributed by atoms with Crippen LogP contribution in [0.5, 0.6) is 23.0 Å². The molecule has 0 saturated carbocycles. The zero-order valence-corrected chi connectivity index (χ0v) is 21.8. The maximum atomic E-state index is 13.6. The summed E-state index contributed by atoms with van der Waals surface area (Å²) < 4.78 is 41.4. The van der Waals surface area contributed by atoms with E-state index in [2.05, 4.69) is 15.4 Å². The molecule has 38 heavy (non-hydrogen) atoms. The molecule has 0 aliphatic carbocycles. The van der Waals surface area contributed by atoms with Gasteiger partial charge in [-0.2, -0.15) is 0 Å². The molecule has 0 spiro atoms. The number of aliphatic hydroxyl groups excluding tert-OH is 1. The molecule has 1 amide bonds. The van der Waals surface area contributed by atoms with E-state index >= 15 is 0 Å². The number of phenolic OH excluding ortho intramolecular Hbond substituents is 1. The predicted molar refractivity (Wildman–Crippen MR) is 141 cm³/mol. The van der Waals surface area contributed by atoms with Crippen molar-refractivity contribution in [2.24, 2.45) is 0 Å². The summed E-state index contributed by atoms with van der Waals surface area (Å²) in [6.45, 7) is 1.70. The van der Waals surface area contributed by atoms with Crippen molar-refractivity contribution in [3.63, 3.8) is 0 Å². The minimum absolute atomic E-state index is 0.0671. The summed E-state index contributed by atoms with van der Waals surface area (Å²) in [4.78, 5) is 13.6. The molecular weight excluding hydrogens is 514 g/mol. The first-order valence-corrected chi connectivity index (χ1v) is 13.5. The van der Waals surface area contributed by atoms with Crippen LogP contribution in [0.4, 0.5) is 11.4 Å². The average Bonchev–Trinajstić information content (AvgIpc) is 3.35. The molecule has 1 aliphatic rings. The molecule has 5 N–H and O–H groups in total. The van der Waals surface area contributed by atoms with Crippen molar-refractivity contribution in [3.8, 4) is 23.0 Å². The van der Waals surface area contributed by atoms with Crippen LogP contribution in [0.1, 0.15) is 24.2 Å². The second-order valence-electron chi connectivity index (χ2n) is 8.92. The summed E-state index contributed by atoms with van der Waals surface area (Å²) in [6, 6.07) is 16.1. The maximum absolute atomic E-state index is 13.6. The number of anilines is 2. The van der Waals surface area contributed by atoms with E-state index in [0.717, 1.165) is 6.26 Å². The number of aliphatic hydroxyl groups is 1. The van der Waals surface area contributed by atoms with Crippen molar-refractivity contribution in [2.75, 3.05) is 36.7 Å². The van der Waals surface area contributed by atoms with E-state index < -0.39 is 27.6 Å². The van der Waals surface area contributed by atoms with E-state index in [9.17, 15) is 23.4 Å². The van der Waals surface area contributed by atoms with Crippen LogP contribution in [0.2, 0.25) is 0 Å².